The van der Waals surface area contributed by atoms with Gasteiger partial charge in [-0.3, -0.25) is 9.59 Å². The fraction of sp³-hybridized carbons (Fsp3) is 0.409. The summed E-state index contributed by atoms with van der Waals surface area (Å²) in [5.41, 5.74) is 3.18. The number of nitrogens with one attached hydrogen (secondary N) is 3. The van der Waals surface area contributed by atoms with Crippen LogP contribution in [0.2, 0.25) is 4.34 Å². The molecule has 2 heterocycles. The van der Waals surface area contributed by atoms with Crippen molar-refractivity contribution in [1.29, 1.82) is 0 Å². The molecule has 2 aromatic rings. The minimum absolute atomic E-state index is 0.159. The summed E-state index contributed by atoms with van der Waals surface area (Å²) in [5.74, 6) is -0.761. The molecule has 3 amide bonds. The van der Waals surface area contributed by atoms with Crippen molar-refractivity contribution < 1.29 is 19.1 Å². The van der Waals surface area contributed by atoms with E-state index in [0.29, 0.717) is 14.9 Å². The summed E-state index contributed by atoms with van der Waals surface area (Å²) < 4.78 is 5.04. The molecule has 0 saturated heterocycles. The van der Waals surface area contributed by atoms with E-state index in [0.717, 1.165) is 37.3 Å². The van der Waals surface area contributed by atoms with Crippen LogP contribution in [0.15, 0.2) is 30.3 Å². The molecule has 3 N–H and O–H groups in total. The maximum Gasteiger partial charge on any atom is 0.406 e. The van der Waals surface area contributed by atoms with E-state index in [1.54, 1.807) is 12.1 Å². The van der Waals surface area contributed by atoms with E-state index in [-0.39, 0.29) is 18.9 Å². The van der Waals surface area contributed by atoms with Gasteiger partial charge in [0.15, 0.2) is 0 Å². The van der Waals surface area contributed by atoms with Crippen LogP contribution in [-0.2, 0) is 22.4 Å². The molecule has 0 radical (unpaired) electrons. The second-order valence-electron chi connectivity index (χ2n) is 7.61. The second-order valence-corrected chi connectivity index (χ2v) is 9.33. The van der Waals surface area contributed by atoms with E-state index in [1.165, 1.54) is 18.2 Å². The number of likely N-dealkylation sites (N-methyl/N-ethyl adjacent to an activating group) is 1. The molecule has 0 unspecified atom stereocenters. The first-order valence-electron chi connectivity index (χ1n) is 10.3. The predicted molar refractivity (Wildman–Crippen MR) is 126 cm³/mol. The standard InChI is InChI=1S/C22H27ClN4O4S/c1-27-11-8-14-3-4-16(13-15(14)9-12-27)25-20(28)17(7-10-24-22(30)31-2)26-21(29)18-5-6-19(23)32-18/h3-6,13,17H,7-12H2,1-2H3,(H,24,30)(H,25,28)(H,26,29)/t17-/m1/s1. The minimum Gasteiger partial charge on any atom is -0.453 e. The average Bonchev–Trinajstić information content (AvgIpc) is 3.13. The molecule has 172 valence electrons. The van der Waals surface area contributed by atoms with Gasteiger partial charge in [-0.05, 0) is 61.7 Å². The maximum absolute atomic E-state index is 13.0. The van der Waals surface area contributed by atoms with Gasteiger partial charge in [0, 0.05) is 25.3 Å². The van der Waals surface area contributed by atoms with Crippen LogP contribution in [0.1, 0.15) is 27.2 Å². The van der Waals surface area contributed by atoms with Gasteiger partial charge in [0.2, 0.25) is 5.91 Å². The van der Waals surface area contributed by atoms with Crippen molar-refractivity contribution in [3.05, 3.63) is 50.7 Å². The Bertz CT molecular complexity index is 981. The Kier molecular flexibility index (Phi) is 8.49. The van der Waals surface area contributed by atoms with Crippen molar-refractivity contribution in [3.8, 4) is 0 Å². The first-order chi connectivity index (χ1) is 15.4. The SMILES string of the molecule is COC(=O)NCC[C@@H](NC(=O)c1ccc(Cl)s1)C(=O)Nc1ccc2c(c1)CCN(C)CC2. The van der Waals surface area contributed by atoms with Crippen molar-refractivity contribution in [2.24, 2.45) is 0 Å². The lowest BCUT2D eigenvalue weighted by molar-refractivity contribution is -0.118. The van der Waals surface area contributed by atoms with Gasteiger partial charge in [0.25, 0.3) is 5.91 Å². The maximum atomic E-state index is 13.0. The Morgan fingerprint density at radius 2 is 1.91 bits per heavy atom. The normalized spacial score (nSPS) is 14.6. The molecule has 0 aliphatic carbocycles. The number of halogens is 1. The fourth-order valence-corrected chi connectivity index (χ4v) is 4.42. The Morgan fingerprint density at radius 3 is 2.59 bits per heavy atom. The molecule has 0 saturated carbocycles. The number of methoxy groups -OCH3 is 1. The number of hydrogen-bond donors (Lipinski definition) is 3. The lowest BCUT2D eigenvalue weighted by Crippen LogP contribution is -2.45. The van der Waals surface area contributed by atoms with Gasteiger partial charge in [-0.1, -0.05) is 17.7 Å². The predicted octanol–water partition coefficient (Wildman–Crippen LogP) is 2.92. The molecule has 10 heteroatoms. The number of anilines is 1. The zero-order valence-electron chi connectivity index (χ0n) is 18.1. The number of rotatable bonds is 7. The van der Waals surface area contributed by atoms with Crippen molar-refractivity contribution in [3.63, 3.8) is 0 Å². The highest BCUT2D eigenvalue weighted by molar-refractivity contribution is 7.18. The van der Waals surface area contributed by atoms with Gasteiger partial charge in [0.1, 0.15) is 6.04 Å². The van der Waals surface area contributed by atoms with Crippen LogP contribution in [0.4, 0.5) is 10.5 Å². The van der Waals surface area contributed by atoms with Gasteiger partial charge in [0.05, 0.1) is 16.3 Å². The highest BCUT2D eigenvalue weighted by atomic mass is 35.5. The number of ether oxygens (including phenoxy) is 1. The zero-order valence-corrected chi connectivity index (χ0v) is 19.6. The molecule has 0 spiro atoms. The van der Waals surface area contributed by atoms with E-state index in [4.69, 9.17) is 11.6 Å². The number of fused-ring (bicyclic) bond motifs is 1. The van der Waals surface area contributed by atoms with Crippen LogP contribution >= 0.6 is 22.9 Å². The number of thiophene rings is 1. The number of carbonyl (C=O) groups excluding carboxylic acids is 3. The molecule has 1 aliphatic heterocycles. The Hall–Kier alpha value is -2.62. The molecular formula is C22H27ClN4O4S. The van der Waals surface area contributed by atoms with Crippen LogP contribution in [-0.4, -0.2) is 62.6 Å². The number of amides is 3. The molecule has 1 aromatic heterocycles. The molecule has 1 aliphatic rings. The van der Waals surface area contributed by atoms with Gasteiger partial charge in [-0.25, -0.2) is 4.79 Å². The van der Waals surface area contributed by atoms with Gasteiger partial charge in [-0.15, -0.1) is 11.3 Å². The first kappa shape index (κ1) is 24.0. The zero-order chi connectivity index (χ0) is 23.1. The molecule has 1 atom stereocenters. The van der Waals surface area contributed by atoms with Crippen LogP contribution < -0.4 is 16.0 Å². The van der Waals surface area contributed by atoms with Gasteiger partial charge in [-0.2, -0.15) is 0 Å². The van der Waals surface area contributed by atoms with Crippen molar-refractivity contribution in [1.82, 2.24) is 15.5 Å². The fourth-order valence-electron chi connectivity index (χ4n) is 3.47. The molecular weight excluding hydrogens is 452 g/mol. The summed E-state index contributed by atoms with van der Waals surface area (Å²) in [4.78, 5) is 39.6. The van der Waals surface area contributed by atoms with E-state index in [9.17, 15) is 14.4 Å². The number of nitrogens with zero attached hydrogens (tertiary/aromatic N) is 1. The largest absolute Gasteiger partial charge is 0.453 e. The number of benzene rings is 1. The number of carbonyl (C=O) groups is 3. The summed E-state index contributed by atoms with van der Waals surface area (Å²) in [6.45, 7) is 2.13. The highest BCUT2D eigenvalue weighted by Gasteiger charge is 2.23. The summed E-state index contributed by atoms with van der Waals surface area (Å²) in [5, 5.41) is 8.18. The van der Waals surface area contributed by atoms with Crippen LogP contribution in [0.5, 0.6) is 0 Å². The van der Waals surface area contributed by atoms with Gasteiger partial charge < -0.3 is 25.6 Å². The summed E-state index contributed by atoms with van der Waals surface area (Å²) in [6, 6.07) is 8.30. The Balaban J connectivity index is 1.69. The van der Waals surface area contributed by atoms with Crippen LogP contribution in [0, 0.1) is 0 Å². The number of alkyl carbamates (subject to hydrolysis) is 1. The number of hydrogen-bond acceptors (Lipinski definition) is 6. The highest BCUT2D eigenvalue weighted by Crippen LogP contribution is 2.22. The van der Waals surface area contributed by atoms with E-state index >= 15 is 0 Å². The summed E-state index contributed by atoms with van der Waals surface area (Å²) in [6.07, 6.45) is 1.48. The second kappa shape index (κ2) is 11.3. The van der Waals surface area contributed by atoms with Crippen molar-refractivity contribution in [2.75, 3.05) is 39.1 Å². The Morgan fingerprint density at radius 1 is 1.16 bits per heavy atom. The summed E-state index contributed by atoms with van der Waals surface area (Å²) in [7, 11) is 3.36. The Labute approximate surface area is 196 Å². The molecule has 32 heavy (non-hydrogen) atoms. The van der Waals surface area contributed by atoms with Crippen molar-refractivity contribution in [2.45, 2.75) is 25.3 Å². The van der Waals surface area contributed by atoms with E-state index in [2.05, 4.69) is 32.6 Å². The molecule has 1 aromatic carbocycles. The molecule has 0 fully saturated rings. The third-order valence-electron chi connectivity index (χ3n) is 5.31. The van der Waals surface area contributed by atoms with Gasteiger partial charge >= 0.3 is 6.09 Å². The monoisotopic (exact) mass is 478 g/mol. The van der Waals surface area contributed by atoms with E-state index < -0.39 is 18.0 Å². The third-order valence-corrected chi connectivity index (χ3v) is 6.54. The minimum atomic E-state index is -0.856. The lowest BCUT2D eigenvalue weighted by Gasteiger charge is -2.19. The lowest BCUT2D eigenvalue weighted by atomic mass is 10.0. The average molecular weight is 479 g/mol. The molecule has 0 bridgehead atoms. The first-order valence-corrected chi connectivity index (χ1v) is 11.5. The quantitative estimate of drug-likeness (QED) is 0.568. The molecule has 3 rings (SSSR count). The van der Waals surface area contributed by atoms with Crippen LogP contribution in [0.25, 0.3) is 0 Å². The molecule has 8 nitrogen and oxygen atoms in total. The topological polar surface area (TPSA) is 99.8 Å². The third kappa shape index (κ3) is 6.69. The van der Waals surface area contributed by atoms with Crippen LogP contribution in [0.3, 0.4) is 0 Å². The van der Waals surface area contributed by atoms with E-state index in [1.807, 2.05) is 18.2 Å². The smallest absolute Gasteiger partial charge is 0.406 e. The summed E-state index contributed by atoms with van der Waals surface area (Å²) >= 11 is 7.05. The van der Waals surface area contributed by atoms with Crippen molar-refractivity contribution >= 4 is 46.5 Å².